The molecule has 18 heavy (non-hydrogen) atoms. The minimum absolute atomic E-state index is 0.0246. The Morgan fingerprint density at radius 3 is 2.72 bits per heavy atom. The largest absolute Gasteiger partial charge is 0.494 e. The van der Waals surface area contributed by atoms with E-state index >= 15 is 0 Å². The first kappa shape index (κ1) is 13.4. The van der Waals surface area contributed by atoms with E-state index in [1.165, 1.54) is 0 Å². The lowest BCUT2D eigenvalue weighted by molar-refractivity contribution is 0.330. The van der Waals surface area contributed by atoms with E-state index in [1.807, 2.05) is 38.1 Å². The maximum atomic E-state index is 11.8. The van der Waals surface area contributed by atoms with Crippen molar-refractivity contribution in [3.05, 3.63) is 29.8 Å². The second kappa shape index (κ2) is 5.28. The van der Waals surface area contributed by atoms with Crippen LogP contribution in [0.5, 0.6) is 5.75 Å². The summed E-state index contributed by atoms with van der Waals surface area (Å²) < 4.78 is 29.2. The lowest BCUT2D eigenvalue weighted by Gasteiger charge is -2.30. The normalized spacial score (nSPS) is 26.8. The molecule has 1 heterocycles. The van der Waals surface area contributed by atoms with Gasteiger partial charge >= 0.3 is 0 Å². The number of ether oxygens (including phenoxy) is 1. The van der Waals surface area contributed by atoms with Gasteiger partial charge in [-0.25, -0.2) is 8.42 Å². The number of benzene rings is 1. The highest BCUT2D eigenvalue weighted by Crippen LogP contribution is 2.28. The summed E-state index contributed by atoms with van der Waals surface area (Å²) in [6, 6.07) is 7.41. The Morgan fingerprint density at radius 1 is 1.33 bits per heavy atom. The summed E-state index contributed by atoms with van der Waals surface area (Å²) >= 11 is 0. The smallest absolute Gasteiger partial charge is 0.153 e. The van der Waals surface area contributed by atoms with E-state index in [-0.39, 0.29) is 23.6 Å². The third kappa shape index (κ3) is 3.03. The highest BCUT2D eigenvalue weighted by atomic mass is 32.2. The van der Waals surface area contributed by atoms with E-state index in [1.54, 1.807) is 0 Å². The molecular weight excluding hydrogens is 250 g/mol. The molecule has 1 aliphatic rings. The molecule has 0 aromatic heterocycles. The molecule has 0 spiro atoms. The lowest BCUT2D eigenvalue weighted by Crippen LogP contribution is -2.45. The van der Waals surface area contributed by atoms with Crippen LogP contribution in [0.3, 0.4) is 0 Å². The first-order chi connectivity index (χ1) is 8.52. The molecule has 1 aromatic carbocycles. The molecule has 1 N–H and O–H groups in total. The molecule has 0 bridgehead atoms. The Bertz CT molecular complexity index is 513. The molecule has 100 valence electrons. The molecule has 0 radical (unpaired) electrons. The maximum Gasteiger partial charge on any atom is 0.153 e. The highest BCUT2D eigenvalue weighted by molar-refractivity contribution is 7.91. The predicted octanol–water partition coefficient (Wildman–Crippen LogP) is 1.53. The van der Waals surface area contributed by atoms with Crippen molar-refractivity contribution < 1.29 is 13.2 Å². The molecule has 0 amide bonds. The zero-order chi connectivity index (χ0) is 13.2. The SMILES string of the molecule is CCOc1ccccc1C1CS(=O)(=O)CC(C)N1. The molecule has 2 unspecified atom stereocenters. The van der Waals surface area contributed by atoms with E-state index in [0.29, 0.717) is 6.61 Å². The molecule has 2 atom stereocenters. The average molecular weight is 269 g/mol. The van der Waals surface area contributed by atoms with Gasteiger partial charge in [0.05, 0.1) is 24.2 Å². The lowest BCUT2D eigenvalue weighted by atomic mass is 10.1. The van der Waals surface area contributed by atoms with Crippen LogP contribution in [0.25, 0.3) is 0 Å². The third-order valence-corrected chi connectivity index (χ3v) is 4.85. The number of sulfone groups is 1. The number of rotatable bonds is 3. The van der Waals surface area contributed by atoms with Crippen LogP contribution in [0.1, 0.15) is 25.5 Å². The van der Waals surface area contributed by atoms with Gasteiger partial charge in [0.1, 0.15) is 5.75 Å². The third-order valence-electron chi connectivity index (χ3n) is 3.00. The predicted molar refractivity (Wildman–Crippen MR) is 71.6 cm³/mol. The van der Waals surface area contributed by atoms with Gasteiger partial charge in [-0.2, -0.15) is 0 Å². The van der Waals surface area contributed by atoms with Crippen LogP contribution in [0, 0.1) is 0 Å². The van der Waals surface area contributed by atoms with Crippen molar-refractivity contribution >= 4 is 9.84 Å². The van der Waals surface area contributed by atoms with Crippen LogP contribution in [0.15, 0.2) is 24.3 Å². The molecular formula is C13H19NO3S. The summed E-state index contributed by atoms with van der Waals surface area (Å²) in [4.78, 5) is 0. The quantitative estimate of drug-likeness (QED) is 0.904. The molecule has 5 heteroatoms. The molecule has 1 aromatic rings. The summed E-state index contributed by atoms with van der Waals surface area (Å²) in [6.07, 6.45) is 0. The van der Waals surface area contributed by atoms with Crippen LogP contribution in [-0.2, 0) is 9.84 Å². The summed E-state index contributed by atoms with van der Waals surface area (Å²) in [5.41, 5.74) is 0.925. The van der Waals surface area contributed by atoms with Gasteiger partial charge in [0, 0.05) is 11.6 Å². The summed E-state index contributed by atoms with van der Waals surface area (Å²) in [7, 11) is -2.98. The second-order valence-corrected chi connectivity index (χ2v) is 6.82. The number of para-hydroxylation sites is 1. The highest BCUT2D eigenvalue weighted by Gasteiger charge is 2.31. The Kier molecular flexibility index (Phi) is 3.92. The number of nitrogens with one attached hydrogen (secondary N) is 1. The van der Waals surface area contributed by atoms with Gasteiger partial charge in [-0.15, -0.1) is 0 Å². The zero-order valence-electron chi connectivity index (χ0n) is 10.7. The van der Waals surface area contributed by atoms with E-state index in [0.717, 1.165) is 11.3 Å². The van der Waals surface area contributed by atoms with Gasteiger partial charge in [0.2, 0.25) is 0 Å². The topological polar surface area (TPSA) is 55.4 Å². The van der Waals surface area contributed by atoms with E-state index in [4.69, 9.17) is 4.74 Å². The fourth-order valence-corrected chi connectivity index (χ4v) is 4.16. The van der Waals surface area contributed by atoms with Crippen LogP contribution in [0.4, 0.5) is 0 Å². The van der Waals surface area contributed by atoms with Crippen molar-refractivity contribution in [2.45, 2.75) is 25.9 Å². The van der Waals surface area contributed by atoms with Gasteiger partial charge in [0.15, 0.2) is 9.84 Å². The van der Waals surface area contributed by atoms with E-state index in [2.05, 4.69) is 5.32 Å². The molecule has 0 aliphatic carbocycles. The Labute approximate surface area is 108 Å². The fourth-order valence-electron chi connectivity index (χ4n) is 2.38. The standard InChI is InChI=1S/C13H19NO3S/c1-3-17-13-7-5-4-6-11(13)12-9-18(15,16)8-10(2)14-12/h4-7,10,12,14H,3,8-9H2,1-2H3. The van der Waals surface area contributed by atoms with Crippen molar-refractivity contribution in [3.8, 4) is 5.75 Å². The summed E-state index contributed by atoms with van der Waals surface area (Å²) in [6.45, 7) is 4.39. The van der Waals surface area contributed by atoms with Crippen LogP contribution in [-0.4, -0.2) is 32.6 Å². The van der Waals surface area contributed by atoms with Crippen LogP contribution in [0.2, 0.25) is 0 Å². The van der Waals surface area contributed by atoms with E-state index in [9.17, 15) is 8.42 Å². The minimum Gasteiger partial charge on any atom is -0.494 e. The number of hydrogen-bond acceptors (Lipinski definition) is 4. The van der Waals surface area contributed by atoms with E-state index < -0.39 is 9.84 Å². The van der Waals surface area contributed by atoms with Crippen molar-refractivity contribution in [2.24, 2.45) is 0 Å². The monoisotopic (exact) mass is 269 g/mol. The maximum absolute atomic E-state index is 11.8. The fraction of sp³-hybridized carbons (Fsp3) is 0.538. The average Bonchev–Trinajstić information content (AvgIpc) is 2.27. The van der Waals surface area contributed by atoms with Crippen LogP contribution >= 0.6 is 0 Å². The Balaban J connectivity index is 2.30. The molecule has 1 fully saturated rings. The number of hydrogen-bond donors (Lipinski definition) is 1. The second-order valence-electron chi connectivity index (χ2n) is 4.67. The zero-order valence-corrected chi connectivity index (χ0v) is 11.5. The van der Waals surface area contributed by atoms with Crippen molar-refractivity contribution in [3.63, 3.8) is 0 Å². The Hall–Kier alpha value is -1.07. The molecule has 1 saturated heterocycles. The summed E-state index contributed by atoms with van der Waals surface area (Å²) in [5.74, 6) is 1.11. The minimum atomic E-state index is -2.98. The molecule has 1 aliphatic heterocycles. The summed E-state index contributed by atoms with van der Waals surface area (Å²) in [5, 5.41) is 3.33. The van der Waals surface area contributed by atoms with Crippen molar-refractivity contribution in [1.29, 1.82) is 0 Å². The van der Waals surface area contributed by atoms with Gasteiger partial charge < -0.3 is 10.1 Å². The van der Waals surface area contributed by atoms with Crippen molar-refractivity contribution in [1.82, 2.24) is 5.32 Å². The molecule has 2 rings (SSSR count). The Morgan fingerprint density at radius 2 is 2.06 bits per heavy atom. The first-order valence-corrected chi connectivity index (χ1v) is 8.02. The van der Waals surface area contributed by atoms with Gasteiger partial charge in [-0.05, 0) is 19.9 Å². The molecule has 4 nitrogen and oxygen atoms in total. The van der Waals surface area contributed by atoms with Gasteiger partial charge in [-0.3, -0.25) is 0 Å². The molecule has 0 saturated carbocycles. The van der Waals surface area contributed by atoms with Gasteiger partial charge in [-0.1, -0.05) is 18.2 Å². The van der Waals surface area contributed by atoms with Gasteiger partial charge in [0.25, 0.3) is 0 Å². The first-order valence-electron chi connectivity index (χ1n) is 6.20. The van der Waals surface area contributed by atoms with Crippen molar-refractivity contribution in [2.75, 3.05) is 18.1 Å². The van der Waals surface area contributed by atoms with Crippen LogP contribution < -0.4 is 10.1 Å².